The van der Waals surface area contributed by atoms with Gasteiger partial charge in [0.15, 0.2) is 0 Å². The molecule has 31 heavy (non-hydrogen) atoms. The van der Waals surface area contributed by atoms with Gasteiger partial charge in [-0.05, 0) is 57.3 Å². The Morgan fingerprint density at radius 3 is 2.52 bits per heavy atom. The van der Waals surface area contributed by atoms with E-state index in [-0.39, 0.29) is 5.91 Å². The normalized spacial score (nSPS) is 17.8. The van der Waals surface area contributed by atoms with E-state index in [1.807, 2.05) is 37.7 Å². The van der Waals surface area contributed by atoms with Gasteiger partial charge in [0.25, 0.3) is 0 Å². The lowest BCUT2D eigenvalue weighted by atomic mass is 9.92. The number of benzene rings is 1. The summed E-state index contributed by atoms with van der Waals surface area (Å²) in [5.74, 6) is -1.16. The quantitative estimate of drug-likeness (QED) is 0.712. The highest BCUT2D eigenvalue weighted by Crippen LogP contribution is 2.44. The van der Waals surface area contributed by atoms with Gasteiger partial charge in [0.1, 0.15) is 8.07 Å². The van der Waals surface area contributed by atoms with Crippen molar-refractivity contribution in [1.82, 2.24) is 0 Å². The highest BCUT2D eigenvalue weighted by Gasteiger charge is 2.40. The molecule has 1 aromatic carbocycles. The maximum atomic E-state index is 11.9. The second-order valence-electron chi connectivity index (χ2n) is 8.45. The molecule has 0 unspecified atom stereocenters. The molecule has 5 nitrogen and oxygen atoms in total. The number of amides is 1. The molecule has 1 aromatic heterocycles. The van der Waals surface area contributed by atoms with Crippen molar-refractivity contribution in [3.8, 4) is 0 Å². The van der Waals surface area contributed by atoms with Crippen LogP contribution in [0.15, 0.2) is 63.6 Å². The first-order valence-corrected chi connectivity index (χ1v) is 13.9. The fourth-order valence-corrected chi connectivity index (χ4v) is 8.30. The van der Waals surface area contributed by atoms with E-state index in [2.05, 4.69) is 41.2 Å². The van der Waals surface area contributed by atoms with Gasteiger partial charge in [0, 0.05) is 37.2 Å². The van der Waals surface area contributed by atoms with E-state index in [1.54, 1.807) is 6.07 Å². The first kappa shape index (κ1) is 21.2. The fourth-order valence-electron chi connectivity index (χ4n) is 4.27. The number of hydrogen-bond acceptors (Lipinski definition) is 4. The number of fused-ring (bicyclic) bond motifs is 2. The molecule has 0 atom stereocenters. The molecule has 0 fully saturated rings. The predicted molar refractivity (Wildman–Crippen MR) is 131 cm³/mol. The van der Waals surface area contributed by atoms with Gasteiger partial charge in [0.05, 0.1) is 11.3 Å². The number of nitrogens with zero attached hydrogens (tertiary/aromatic N) is 2. The molecule has 2 aliphatic rings. The second kappa shape index (κ2) is 7.58. The molecular formula is C24H24N2O3SSi. The van der Waals surface area contributed by atoms with Crippen LogP contribution in [0, 0.1) is 0 Å². The Morgan fingerprint density at radius 1 is 1.13 bits per heavy atom. The van der Waals surface area contributed by atoms with Gasteiger partial charge in [-0.25, -0.2) is 9.79 Å². The van der Waals surface area contributed by atoms with Crippen molar-refractivity contribution in [2.75, 3.05) is 19.0 Å². The second-order valence-corrected chi connectivity index (χ2v) is 13.7. The Kier molecular flexibility index (Phi) is 5.19. The number of aliphatic imine (C=N–C) groups is 1. The van der Waals surface area contributed by atoms with Crippen molar-refractivity contribution < 1.29 is 14.7 Å². The van der Waals surface area contributed by atoms with Gasteiger partial charge in [-0.15, -0.1) is 11.3 Å². The lowest BCUT2D eigenvalue weighted by Crippen LogP contribution is -2.49. The van der Waals surface area contributed by atoms with E-state index < -0.39 is 14.0 Å². The molecule has 0 spiro atoms. The third-order valence-electron chi connectivity index (χ3n) is 5.82. The molecule has 0 saturated heterocycles. The van der Waals surface area contributed by atoms with E-state index in [1.165, 1.54) is 23.4 Å². The molecular weight excluding hydrogens is 424 g/mol. The largest absolute Gasteiger partial charge is 0.478 e. The van der Waals surface area contributed by atoms with Crippen molar-refractivity contribution in [3.05, 3.63) is 74.6 Å². The average Bonchev–Trinajstić information content (AvgIpc) is 3.18. The van der Waals surface area contributed by atoms with Crippen LogP contribution >= 0.6 is 11.3 Å². The molecule has 1 aliphatic heterocycles. The zero-order valence-corrected chi connectivity index (χ0v) is 20.0. The van der Waals surface area contributed by atoms with Crippen molar-refractivity contribution in [3.63, 3.8) is 0 Å². The number of carbonyl (C=O) groups is 2. The number of allylic oxidation sites excluding steroid dienone is 5. The summed E-state index contributed by atoms with van der Waals surface area (Å²) in [6.45, 7) is 6.04. The van der Waals surface area contributed by atoms with E-state index in [4.69, 9.17) is 0 Å². The number of carboxylic acid groups (broad SMARTS) is 1. The molecule has 1 amide bonds. The molecule has 0 saturated carbocycles. The maximum Gasteiger partial charge on any atom is 0.337 e. The summed E-state index contributed by atoms with van der Waals surface area (Å²) >= 11 is 1.45. The minimum absolute atomic E-state index is 0.235. The Balaban J connectivity index is 2.08. The molecule has 0 bridgehead atoms. The highest BCUT2D eigenvalue weighted by atomic mass is 32.1. The van der Waals surface area contributed by atoms with E-state index >= 15 is 0 Å². The van der Waals surface area contributed by atoms with Crippen LogP contribution in [0.3, 0.4) is 0 Å². The van der Waals surface area contributed by atoms with E-state index in [0.717, 1.165) is 32.5 Å². The Morgan fingerprint density at radius 2 is 1.87 bits per heavy atom. The smallest absolute Gasteiger partial charge is 0.337 e. The predicted octanol–water partition coefficient (Wildman–Crippen LogP) is 4.27. The van der Waals surface area contributed by atoms with Crippen LogP contribution in [-0.2, 0) is 4.79 Å². The number of anilines is 1. The van der Waals surface area contributed by atoms with Gasteiger partial charge in [-0.2, -0.15) is 0 Å². The van der Waals surface area contributed by atoms with Gasteiger partial charge in [-0.3, -0.25) is 4.79 Å². The van der Waals surface area contributed by atoms with Crippen LogP contribution in [0.1, 0.15) is 27.7 Å². The van der Waals surface area contributed by atoms with Gasteiger partial charge < -0.3 is 10.0 Å². The lowest BCUT2D eigenvalue weighted by Gasteiger charge is -2.38. The molecule has 2 aromatic rings. The van der Waals surface area contributed by atoms with Gasteiger partial charge in [-0.1, -0.05) is 25.2 Å². The summed E-state index contributed by atoms with van der Waals surface area (Å²) in [6, 6.07) is 8.10. The topological polar surface area (TPSA) is 70.0 Å². The van der Waals surface area contributed by atoms with Gasteiger partial charge >= 0.3 is 5.97 Å². The number of carboxylic acids is 1. The summed E-state index contributed by atoms with van der Waals surface area (Å²) < 4.78 is 0. The minimum Gasteiger partial charge on any atom is -0.478 e. The minimum atomic E-state index is -2.15. The number of thiophene rings is 1. The third-order valence-corrected chi connectivity index (χ3v) is 10.3. The van der Waals surface area contributed by atoms with Crippen molar-refractivity contribution >= 4 is 53.4 Å². The number of hydrogen-bond donors (Lipinski definition) is 1. The molecule has 1 N–H and O–H groups in total. The van der Waals surface area contributed by atoms with Crippen LogP contribution in [-0.4, -0.2) is 44.9 Å². The van der Waals surface area contributed by atoms with E-state index in [0.29, 0.717) is 11.3 Å². The van der Waals surface area contributed by atoms with Crippen molar-refractivity contribution in [1.29, 1.82) is 0 Å². The summed E-state index contributed by atoms with van der Waals surface area (Å²) in [6.07, 6.45) is 5.86. The average molecular weight is 449 g/mol. The van der Waals surface area contributed by atoms with Crippen LogP contribution in [0.4, 0.5) is 5.69 Å². The van der Waals surface area contributed by atoms with Gasteiger partial charge in [0.2, 0.25) is 5.91 Å². The summed E-state index contributed by atoms with van der Waals surface area (Å²) in [5, 5.41) is 14.0. The molecule has 4 rings (SSSR count). The standard InChI is InChI=1S/C24H24N2O3SSi/c1-14(27)25-15-6-8-17-20(12-15)31(4,5)21-13-16(26(2)3)7-9-18(21)22(17)23-19(24(28)29)10-11-30-23/h6-13H,1-5H3,(H,28,29). The van der Waals surface area contributed by atoms with E-state index in [9.17, 15) is 14.7 Å². The van der Waals surface area contributed by atoms with Crippen LogP contribution in [0.25, 0.3) is 5.57 Å². The Hall–Kier alpha value is -3.03. The SMILES string of the molecule is CC(=O)N=C1C=CC2=C(c3sccc3C(=O)O)c3ccc(N(C)C)cc3[Si](C)(C)C2=C1. The zero-order valence-electron chi connectivity index (χ0n) is 18.2. The van der Waals surface area contributed by atoms with Crippen LogP contribution in [0.2, 0.25) is 13.1 Å². The van der Waals surface area contributed by atoms with Crippen LogP contribution < -0.4 is 10.1 Å². The summed E-state index contributed by atoms with van der Waals surface area (Å²) in [4.78, 5) is 30.5. The lowest BCUT2D eigenvalue weighted by molar-refractivity contribution is -0.115. The molecule has 1 aliphatic carbocycles. The number of carbonyl (C=O) groups excluding carboxylic acids is 1. The number of rotatable bonds is 3. The monoisotopic (exact) mass is 448 g/mol. The Bertz CT molecular complexity index is 1250. The maximum absolute atomic E-state index is 11.9. The molecule has 0 radical (unpaired) electrons. The highest BCUT2D eigenvalue weighted by molar-refractivity contribution is 7.11. The summed E-state index contributed by atoms with van der Waals surface area (Å²) in [7, 11) is 1.88. The molecule has 2 heterocycles. The first-order chi connectivity index (χ1) is 14.6. The molecule has 158 valence electrons. The first-order valence-electron chi connectivity index (χ1n) is 9.99. The van der Waals surface area contributed by atoms with Crippen molar-refractivity contribution in [2.45, 2.75) is 20.0 Å². The summed E-state index contributed by atoms with van der Waals surface area (Å²) in [5.41, 5.74) is 5.14. The van der Waals surface area contributed by atoms with Crippen molar-refractivity contribution in [2.24, 2.45) is 4.99 Å². The zero-order chi connectivity index (χ0) is 22.5. The fraction of sp³-hybridized carbons (Fsp3) is 0.208. The number of aromatic carboxylic acids is 1. The Labute approximate surface area is 186 Å². The third kappa shape index (κ3) is 3.53. The van der Waals surface area contributed by atoms with Crippen LogP contribution in [0.5, 0.6) is 0 Å². The molecule has 7 heteroatoms.